The van der Waals surface area contributed by atoms with Crippen molar-refractivity contribution in [2.24, 2.45) is 0 Å². The van der Waals surface area contributed by atoms with Crippen molar-refractivity contribution >= 4 is 59.2 Å². The quantitative estimate of drug-likeness (QED) is 0.492. The smallest absolute Gasteiger partial charge is 0.261 e. The van der Waals surface area contributed by atoms with Gasteiger partial charge in [0, 0.05) is 14.6 Å². The summed E-state index contributed by atoms with van der Waals surface area (Å²) in [7, 11) is -3.81. The molecule has 3 aromatic carbocycles. The van der Waals surface area contributed by atoms with E-state index in [9.17, 15) is 13.2 Å². The maximum atomic E-state index is 12.7. The number of sulfonamides is 1. The predicted octanol–water partition coefficient (Wildman–Crippen LogP) is 5.26. The Bertz CT molecular complexity index is 1070. The second-order valence-corrected chi connectivity index (χ2v) is 9.08. The van der Waals surface area contributed by atoms with Crippen molar-refractivity contribution in [3.8, 4) is 0 Å². The Balaban J connectivity index is 1.91. The Labute approximate surface area is 174 Å². The number of rotatable bonds is 5. The van der Waals surface area contributed by atoms with Gasteiger partial charge in [-0.1, -0.05) is 50.1 Å². The monoisotopic (exact) mass is 508 g/mol. The molecular formula is C19H14Br2N2O3S. The van der Waals surface area contributed by atoms with Crippen LogP contribution >= 0.6 is 31.9 Å². The SMILES string of the molecule is O=C(Nc1ccc(Br)cc1)c1cc(Br)ccc1NS(=O)(=O)c1ccccc1. The highest BCUT2D eigenvalue weighted by molar-refractivity contribution is 9.10. The zero-order chi connectivity index (χ0) is 19.4. The average molecular weight is 510 g/mol. The average Bonchev–Trinajstić information content (AvgIpc) is 2.65. The predicted molar refractivity (Wildman–Crippen MR) is 113 cm³/mol. The first-order chi connectivity index (χ1) is 12.8. The van der Waals surface area contributed by atoms with Crippen molar-refractivity contribution < 1.29 is 13.2 Å². The van der Waals surface area contributed by atoms with Crippen LogP contribution in [0.1, 0.15) is 10.4 Å². The molecule has 0 fully saturated rings. The number of amides is 1. The first-order valence-electron chi connectivity index (χ1n) is 7.79. The van der Waals surface area contributed by atoms with E-state index < -0.39 is 15.9 Å². The summed E-state index contributed by atoms with van der Waals surface area (Å²) in [5, 5.41) is 2.76. The van der Waals surface area contributed by atoms with E-state index in [4.69, 9.17) is 0 Å². The van der Waals surface area contributed by atoms with Gasteiger partial charge in [-0.2, -0.15) is 0 Å². The van der Waals surface area contributed by atoms with Crippen molar-refractivity contribution in [3.05, 3.63) is 87.3 Å². The summed E-state index contributed by atoms with van der Waals surface area (Å²) in [6, 6.07) is 19.8. The van der Waals surface area contributed by atoms with Crippen LogP contribution < -0.4 is 10.0 Å². The van der Waals surface area contributed by atoms with E-state index in [2.05, 4.69) is 41.9 Å². The molecule has 0 aliphatic heterocycles. The number of hydrogen-bond acceptors (Lipinski definition) is 3. The lowest BCUT2D eigenvalue weighted by Gasteiger charge is -2.13. The summed E-state index contributed by atoms with van der Waals surface area (Å²) in [4.78, 5) is 12.8. The second kappa shape index (κ2) is 8.24. The number of hydrogen-bond donors (Lipinski definition) is 2. The van der Waals surface area contributed by atoms with Gasteiger partial charge in [-0.25, -0.2) is 8.42 Å². The topological polar surface area (TPSA) is 75.3 Å². The Hall–Kier alpha value is -2.16. The van der Waals surface area contributed by atoms with Crippen LogP contribution in [0.4, 0.5) is 11.4 Å². The highest BCUT2D eigenvalue weighted by Gasteiger charge is 2.19. The molecule has 0 aliphatic rings. The molecule has 0 atom stereocenters. The molecule has 0 radical (unpaired) electrons. The molecule has 5 nitrogen and oxygen atoms in total. The summed E-state index contributed by atoms with van der Waals surface area (Å²) in [5.41, 5.74) is 0.989. The van der Waals surface area contributed by atoms with Gasteiger partial charge in [0.25, 0.3) is 15.9 Å². The number of carbonyl (C=O) groups excluding carboxylic acids is 1. The summed E-state index contributed by atoms with van der Waals surface area (Å²) >= 11 is 6.66. The van der Waals surface area contributed by atoms with Gasteiger partial charge in [0.2, 0.25) is 0 Å². The Morgan fingerprint density at radius 3 is 2.11 bits per heavy atom. The molecule has 138 valence electrons. The highest BCUT2D eigenvalue weighted by Crippen LogP contribution is 2.25. The third kappa shape index (κ3) is 4.97. The second-order valence-electron chi connectivity index (χ2n) is 5.57. The fourth-order valence-corrected chi connectivity index (χ4v) is 4.05. The third-order valence-corrected chi connectivity index (χ3v) is 6.03. The highest BCUT2D eigenvalue weighted by atomic mass is 79.9. The summed E-state index contributed by atoms with van der Waals surface area (Å²) < 4.78 is 29.2. The van der Waals surface area contributed by atoms with Gasteiger partial charge in [0.15, 0.2) is 0 Å². The molecule has 0 aliphatic carbocycles. The molecule has 27 heavy (non-hydrogen) atoms. The van der Waals surface area contributed by atoms with Crippen LogP contribution in [0.2, 0.25) is 0 Å². The minimum Gasteiger partial charge on any atom is -0.322 e. The Morgan fingerprint density at radius 2 is 1.44 bits per heavy atom. The van der Waals surface area contributed by atoms with Gasteiger partial charge >= 0.3 is 0 Å². The summed E-state index contributed by atoms with van der Waals surface area (Å²) in [5.74, 6) is -0.426. The van der Waals surface area contributed by atoms with Gasteiger partial charge in [-0.3, -0.25) is 9.52 Å². The summed E-state index contributed by atoms with van der Waals surface area (Å²) in [6.07, 6.45) is 0. The number of nitrogens with one attached hydrogen (secondary N) is 2. The standard InChI is InChI=1S/C19H14Br2N2O3S/c20-13-6-9-15(10-7-13)22-19(24)17-12-14(21)8-11-18(17)23-27(25,26)16-4-2-1-3-5-16/h1-12,23H,(H,22,24). The van der Waals surface area contributed by atoms with E-state index in [1.165, 1.54) is 12.1 Å². The molecule has 0 saturated carbocycles. The maximum Gasteiger partial charge on any atom is 0.261 e. The van der Waals surface area contributed by atoms with Gasteiger partial charge in [-0.15, -0.1) is 0 Å². The molecule has 3 rings (SSSR count). The van der Waals surface area contributed by atoms with Crippen LogP contribution in [0.15, 0.2) is 86.6 Å². The molecule has 0 bridgehead atoms. The van der Waals surface area contributed by atoms with E-state index in [-0.39, 0.29) is 16.1 Å². The first-order valence-corrected chi connectivity index (χ1v) is 10.9. The van der Waals surface area contributed by atoms with Crippen molar-refractivity contribution in [2.75, 3.05) is 10.0 Å². The van der Waals surface area contributed by atoms with Crippen LogP contribution in [0.3, 0.4) is 0 Å². The first kappa shape index (κ1) is 19.6. The lowest BCUT2D eigenvalue weighted by atomic mass is 10.1. The van der Waals surface area contributed by atoms with E-state index in [1.807, 2.05) is 0 Å². The lowest BCUT2D eigenvalue weighted by molar-refractivity contribution is 0.102. The fourth-order valence-electron chi connectivity index (χ4n) is 2.33. The zero-order valence-corrected chi connectivity index (χ0v) is 17.8. The molecule has 0 heterocycles. The minimum absolute atomic E-state index is 0.118. The molecule has 0 spiro atoms. The van der Waals surface area contributed by atoms with E-state index in [0.29, 0.717) is 10.2 Å². The fraction of sp³-hybridized carbons (Fsp3) is 0. The van der Waals surface area contributed by atoms with Gasteiger partial charge in [0.1, 0.15) is 0 Å². The van der Waals surface area contributed by atoms with Crippen LogP contribution in [0, 0.1) is 0 Å². The van der Waals surface area contributed by atoms with Crippen molar-refractivity contribution in [3.63, 3.8) is 0 Å². The maximum absolute atomic E-state index is 12.7. The lowest BCUT2D eigenvalue weighted by Crippen LogP contribution is -2.18. The van der Waals surface area contributed by atoms with Gasteiger partial charge in [0.05, 0.1) is 16.1 Å². The summed E-state index contributed by atoms with van der Waals surface area (Å²) in [6.45, 7) is 0. The van der Waals surface area contributed by atoms with Crippen molar-refractivity contribution in [1.29, 1.82) is 0 Å². The molecule has 2 N–H and O–H groups in total. The third-order valence-electron chi connectivity index (χ3n) is 3.63. The molecule has 0 aromatic heterocycles. The van der Waals surface area contributed by atoms with Crippen molar-refractivity contribution in [1.82, 2.24) is 0 Å². The van der Waals surface area contributed by atoms with Crippen LogP contribution in [-0.2, 0) is 10.0 Å². The largest absolute Gasteiger partial charge is 0.322 e. The normalized spacial score (nSPS) is 11.0. The zero-order valence-electron chi connectivity index (χ0n) is 13.8. The van der Waals surface area contributed by atoms with Crippen LogP contribution in [0.25, 0.3) is 0 Å². The van der Waals surface area contributed by atoms with E-state index >= 15 is 0 Å². The van der Waals surface area contributed by atoms with E-state index in [1.54, 1.807) is 60.7 Å². The van der Waals surface area contributed by atoms with Crippen LogP contribution in [-0.4, -0.2) is 14.3 Å². The van der Waals surface area contributed by atoms with Crippen molar-refractivity contribution in [2.45, 2.75) is 4.90 Å². The minimum atomic E-state index is -3.81. The van der Waals surface area contributed by atoms with E-state index in [0.717, 1.165) is 4.47 Å². The number of halogens is 2. The van der Waals surface area contributed by atoms with Gasteiger partial charge < -0.3 is 5.32 Å². The number of anilines is 2. The Morgan fingerprint density at radius 1 is 0.815 bits per heavy atom. The number of benzene rings is 3. The van der Waals surface area contributed by atoms with Gasteiger partial charge in [-0.05, 0) is 54.6 Å². The molecule has 3 aromatic rings. The number of carbonyl (C=O) groups is 1. The molecule has 0 unspecified atom stereocenters. The molecule has 0 saturated heterocycles. The Kier molecular flexibility index (Phi) is 5.98. The van der Waals surface area contributed by atoms with Crippen LogP contribution in [0.5, 0.6) is 0 Å². The molecule has 1 amide bonds. The molecular weight excluding hydrogens is 496 g/mol. The molecule has 8 heteroatoms.